The van der Waals surface area contributed by atoms with Crippen LogP contribution in [-0.2, 0) is 0 Å². The van der Waals surface area contributed by atoms with Crippen molar-refractivity contribution < 1.29 is 5.11 Å². The predicted molar refractivity (Wildman–Crippen MR) is 54.5 cm³/mol. The lowest BCUT2D eigenvalue weighted by Gasteiger charge is -2.07. The van der Waals surface area contributed by atoms with Crippen molar-refractivity contribution in [2.24, 2.45) is 0 Å². The molecule has 0 saturated carbocycles. The minimum absolute atomic E-state index is 0.226. The number of benzene rings is 1. The molecule has 1 aromatic carbocycles. The summed E-state index contributed by atoms with van der Waals surface area (Å²) in [5.41, 5.74) is 2.50. The van der Waals surface area contributed by atoms with E-state index < -0.39 is 0 Å². The molecule has 0 heterocycles. The van der Waals surface area contributed by atoms with Gasteiger partial charge < -0.3 is 5.11 Å². The van der Waals surface area contributed by atoms with Crippen LogP contribution in [0.3, 0.4) is 0 Å². The predicted octanol–water partition coefficient (Wildman–Crippen LogP) is 2.81. The van der Waals surface area contributed by atoms with Gasteiger partial charge in [-0.1, -0.05) is 45.8 Å². The fourth-order valence-corrected chi connectivity index (χ4v) is 1.57. The molecule has 1 rings (SSSR count). The molecule has 0 aliphatic carbocycles. The van der Waals surface area contributed by atoms with E-state index in [4.69, 9.17) is 5.11 Å². The molecule has 0 aliphatic rings. The van der Waals surface area contributed by atoms with Crippen molar-refractivity contribution in [3.8, 4) is 0 Å². The Morgan fingerprint density at radius 3 is 2.42 bits per heavy atom. The zero-order chi connectivity index (χ0) is 8.97. The highest BCUT2D eigenvalue weighted by Crippen LogP contribution is 2.25. The maximum atomic E-state index is 8.72. The molecule has 0 saturated heterocycles. The molecule has 0 fully saturated rings. The Labute approximate surface area is 81.6 Å². The van der Waals surface area contributed by atoms with E-state index in [1.807, 2.05) is 0 Å². The summed E-state index contributed by atoms with van der Waals surface area (Å²) in [6.45, 7) is 2.29. The Balaban J connectivity index is 2.68. The molecule has 0 radical (unpaired) electrons. The summed E-state index contributed by atoms with van der Waals surface area (Å²) in [7, 11) is 0. The second-order valence-electron chi connectivity index (χ2n) is 2.89. The normalized spacial score (nSPS) is 12.9. The van der Waals surface area contributed by atoms with Crippen LogP contribution in [0.25, 0.3) is 0 Å². The van der Waals surface area contributed by atoms with Gasteiger partial charge in [-0.3, -0.25) is 0 Å². The summed E-state index contributed by atoms with van der Waals surface area (Å²) >= 11 is 3.51. The fourth-order valence-electron chi connectivity index (χ4n) is 1.06. The highest BCUT2D eigenvalue weighted by molar-refractivity contribution is 9.09. The number of hydrogen-bond acceptors (Lipinski definition) is 1. The standard InChI is InChI=1S/C10H13BrO/c1-8-2-4-9(5-3-8)10(11)6-7-12/h2-5,10,12H,6-7H2,1H3. The molecule has 0 spiro atoms. The summed E-state index contributed by atoms with van der Waals surface area (Å²) < 4.78 is 0. The first-order chi connectivity index (χ1) is 5.74. The van der Waals surface area contributed by atoms with Gasteiger partial charge >= 0.3 is 0 Å². The van der Waals surface area contributed by atoms with Crippen molar-refractivity contribution in [1.82, 2.24) is 0 Å². The average molecular weight is 229 g/mol. The minimum Gasteiger partial charge on any atom is -0.396 e. The van der Waals surface area contributed by atoms with Crippen LogP contribution < -0.4 is 0 Å². The van der Waals surface area contributed by atoms with Crippen LogP contribution in [0.2, 0.25) is 0 Å². The van der Waals surface area contributed by atoms with Crippen LogP contribution in [-0.4, -0.2) is 11.7 Å². The van der Waals surface area contributed by atoms with Gasteiger partial charge in [0.2, 0.25) is 0 Å². The van der Waals surface area contributed by atoms with E-state index in [1.54, 1.807) is 0 Å². The molecule has 1 unspecified atom stereocenters. The monoisotopic (exact) mass is 228 g/mol. The highest BCUT2D eigenvalue weighted by Gasteiger charge is 2.04. The first kappa shape index (κ1) is 9.75. The Kier molecular flexibility index (Phi) is 3.76. The van der Waals surface area contributed by atoms with Crippen LogP contribution in [0.4, 0.5) is 0 Å². The number of halogens is 1. The van der Waals surface area contributed by atoms with Crippen LogP contribution in [0.15, 0.2) is 24.3 Å². The highest BCUT2D eigenvalue weighted by atomic mass is 79.9. The van der Waals surface area contributed by atoms with Gasteiger partial charge in [-0.2, -0.15) is 0 Å². The lowest BCUT2D eigenvalue weighted by molar-refractivity contribution is 0.288. The second-order valence-corrected chi connectivity index (χ2v) is 4.00. The third kappa shape index (κ3) is 2.61. The number of aliphatic hydroxyl groups is 1. The molecule has 0 aromatic heterocycles. The molecular weight excluding hydrogens is 216 g/mol. The zero-order valence-corrected chi connectivity index (χ0v) is 8.71. The Morgan fingerprint density at radius 2 is 1.92 bits per heavy atom. The Hall–Kier alpha value is -0.340. The van der Waals surface area contributed by atoms with E-state index in [0.29, 0.717) is 0 Å². The molecule has 66 valence electrons. The number of rotatable bonds is 3. The number of aryl methyl sites for hydroxylation is 1. The molecule has 1 N–H and O–H groups in total. The maximum absolute atomic E-state index is 8.72. The van der Waals surface area contributed by atoms with Crippen LogP contribution in [0, 0.1) is 6.92 Å². The molecule has 1 atom stereocenters. The Morgan fingerprint density at radius 1 is 1.33 bits per heavy atom. The van der Waals surface area contributed by atoms with Crippen molar-refractivity contribution in [2.45, 2.75) is 18.2 Å². The average Bonchev–Trinajstić information content (AvgIpc) is 2.06. The fraction of sp³-hybridized carbons (Fsp3) is 0.400. The van der Waals surface area contributed by atoms with Crippen LogP contribution in [0.1, 0.15) is 22.4 Å². The van der Waals surface area contributed by atoms with Gasteiger partial charge in [0.05, 0.1) is 0 Å². The second kappa shape index (κ2) is 4.63. The SMILES string of the molecule is Cc1ccc(C(Br)CCO)cc1. The minimum atomic E-state index is 0.226. The van der Waals surface area contributed by atoms with Crippen molar-refractivity contribution in [3.05, 3.63) is 35.4 Å². The van der Waals surface area contributed by atoms with E-state index in [-0.39, 0.29) is 11.4 Å². The summed E-state index contributed by atoms with van der Waals surface area (Å²) in [5, 5.41) is 8.72. The zero-order valence-electron chi connectivity index (χ0n) is 7.13. The van der Waals surface area contributed by atoms with Crippen molar-refractivity contribution in [3.63, 3.8) is 0 Å². The van der Waals surface area contributed by atoms with E-state index in [9.17, 15) is 0 Å². The molecule has 0 bridgehead atoms. The summed E-state index contributed by atoms with van der Waals surface area (Å²) in [5.74, 6) is 0. The summed E-state index contributed by atoms with van der Waals surface area (Å²) in [6, 6.07) is 8.34. The first-order valence-electron chi connectivity index (χ1n) is 4.05. The lowest BCUT2D eigenvalue weighted by Crippen LogP contribution is -1.93. The quantitative estimate of drug-likeness (QED) is 0.790. The first-order valence-corrected chi connectivity index (χ1v) is 4.97. The van der Waals surface area contributed by atoms with E-state index in [2.05, 4.69) is 47.1 Å². The summed E-state index contributed by atoms with van der Waals surface area (Å²) in [4.78, 5) is 0.281. The van der Waals surface area contributed by atoms with Crippen molar-refractivity contribution in [2.75, 3.05) is 6.61 Å². The van der Waals surface area contributed by atoms with Gasteiger partial charge in [-0.05, 0) is 18.9 Å². The smallest absolute Gasteiger partial charge is 0.0444 e. The molecule has 1 nitrogen and oxygen atoms in total. The third-order valence-electron chi connectivity index (χ3n) is 1.82. The molecule has 2 heteroatoms. The topological polar surface area (TPSA) is 20.2 Å². The number of hydrogen-bond donors (Lipinski definition) is 1. The van der Waals surface area contributed by atoms with Crippen LogP contribution in [0.5, 0.6) is 0 Å². The maximum Gasteiger partial charge on any atom is 0.0444 e. The molecule has 0 aliphatic heterocycles. The Bertz CT molecular complexity index is 230. The van der Waals surface area contributed by atoms with Gasteiger partial charge in [0.25, 0.3) is 0 Å². The molecular formula is C10H13BrO. The van der Waals surface area contributed by atoms with Gasteiger partial charge in [-0.15, -0.1) is 0 Å². The third-order valence-corrected chi connectivity index (χ3v) is 2.81. The number of alkyl halides is 1. The van der Waals surface area contributed by atoms with E-state index in [0.717, 1.165) is 6.42 Å². The van der Waals surface area contributed by atoms with E-state index >= 15 is 0 Å². The van der Waals surface area contributed by atoms with E-state index in [1.165, 1.54) is 11.1 Å². The van der Waals surface area contributed by atoms with Gasteiger partial charge in [-0.25, -0.2) is 0 Å². The van der Waals surface area contributed by atoms with Gasteiger partial charge in [0.1, 0.15) is 0 Å². The lowest BCUT2D eigenvalue weighted by atomic mass is 10.1. The van der Waals surface area contributed by atoms with Crippen molar-refractivity contribution >= 4 is 15.9 Å². The largest absolute Gasteiger partial charge is 0.396 e. The number of aliphatic hydroxyl groups excluding tert-OH is 1. The van der Waals surface area contributed by atoms with Gasteiger partial charge in [0.15, 0.2) is 0 Å². The summed E-state index contributed by atoms with van der Waals surface area (Å²) in [6.07, 6.45) is 0.767. The molecule has 12 heavy (non-hydrogen) atoms. The van der Waals surface area contributed by atoms with Crippen LogP contribution >= 0.6 is 15.9 Å². The van der Waals surface area contributed by atoms with Crippen molar-refractivity contribution in [1.29, 1.82) is 0 Å². The molecule has 1 aromatic rings. The van der Waals surface area contributed by atoms with Gasteiger partial charge in [0, 0.05) is 11.4 Å². The molecule has 0 amide bonds.